The molecule has 3 aromatic carbocycles. The molecule has 0 N–H and O–H groups in total. The fourth-order valence-corrected chi connectivity index (χ4v) is 6.18. The molecule has 0 bridgehead atoms. The van der Waals surface area contributed by atoms with Crippen LogP contribution in [0.2, 0.25) is 0 Å². The Kier molecular flexibility index (Phi) is 4.83. The van der Waals surface area contributed by atoms with Crippen LogP contribution in [0, 0.1) is 13.0 Å². The van der Waals surface area contributed by atoms with Gasteiger partial charge in [0.05, 0.1) is 6.72 Å². The van der Waals surface area contributed by atoms with Gasteiger partial charge in [0.1, 0.15) is 17.5 Å². The van der Waals surface area contributed by atoms with Crippen molar-refractivity contribution in [2.45, 2.75) is 52.9 Å². The monoisotopic (exact) mass is 437 g/mol. The zero-order chi connectivity index (χ0) is 22.8. The second-order valence-corrected chi connectivity index (χ2v) is 11.3. The summed E-state index contributed by atoms with van der Waals surface area (Å²) in [6, 6.07) is 19.4. The van der Waals surface area contributed by atoms with Crippen molar-refractivity contribution < 1.29 is 4.58 Å². The maximum Gasteiger partial charge on any atom is 0.197 e. The van der Waals surface area contributed by atoms with Gasteiger partial charge in [0.25, 0.3) is 0 Å². The largest absolute Gasteiger partial charge is 0.257 e. The van der Waals surface area contributed by atoms with Gasteiger partial charge in [0.2, 0.25) is 0 Å². The molecule has 1 aromatic heterocycles. The first kappa shape index (κ1) is 21.0. The summed E-state index contributed by atoms with van der Waals surface area (Å²) in [5, 5.41) is 4.02. The molecule has 0 atom stereocenters. The molecule has 1 nitrogen and oxygen atoms in total. The fraction of sp³-hybridized carbons (Fsp3) is 0.267. The molecule has 162 valence electrons. The molecule has 0 saturated carbocycles. The summed E-state index contributed by atoms with van der Waals surface area (Å²) in [5.41, 5.74) is 6.75. The molecule has 0 radical (unpaired) electrons. The molecule has 5 rings (SSSR count). The predicted octanol–water partition coefficient (Wildman–Crippen LogP) is 8.41. The maximum absolute atomic E-state index is 4.40. The van der Waals surface area contributed by atoms with Gasteiger partial charge in [-0.1, -0.05) is 94.5 Å². The molecule has 2 heteroatoms. The summed E-state index contributed by atoms with van der Waals surface area (Å²) in [6.45, 7) is 18.1. The minimum Gasteiger partial charge on any atom is -0.257 e. The third kappa shape index (κ3) is 3.20. The standard InChI is InChI=1S/C30H31NS/c1-18(2)20-12-13-23-24-14-15-31(7)28(29(24)32-27(23)16-20)25-17-26(30(4,5)6)22-11-9-8-10-21(22)19(25)3/h8-18H,7H2,1-6H3. The molecule has 0 fully saturated rings. The molecule has 1 aliphatic rings. The second-order valence-electron chi connectivity index (χ2n) is 10.3. The first-order valence-electron chi connectivity index (χ1n) is 11.4. The Morgan fingerprint density at radius 1 is 1.03 bits per heavy atom. The average molecular weight is 438 g/mol. The van der Waals surface area contributed by atoms with Crippen molar-refractivity contribution >= 4 is 45.0 Å². The lowest BCUT2D eigenvalue weighted by Crippen LogP contribution is -2.20. The van der Waals surface area contributed by atoms with Gasteiger partial charge in [-0.25, -0.2) is 0 Å². The van der Waals surface area contributed by atoms with Gasteiger partial charge in [-0.3, -0.25) is 4.58 Å². The lowest BCUT2D eigenvalue weighted by molar-refractivity contribution is -0.417. The first-order chi connectivity index (χ1) is 15.2. The molecular formula is C30H31NS. The topological polar surface area (TPSA) is 3.01 Å². The summed E-state index contributed by atoms with van der Waals surface area (Å²) in [7, 11) is 0. The van der Waals surface area contributed by atoms with Crippen molar-refractivity contribution in [3.63, 3.8) is 0 Å². The Morgan fingerprint density at radius 2 is 1.75 bits per heavy atom. The van der Waals surface area contributed by atoms with E-state index in [4.69, 9.17) is 0 Å². The molecular weight excluding hydrogens is 406 g/mol. The molecule has 2 heterocycles. The van der Waals surface area contributed by atoms with Gasteiger partial charge in [0, 0.05) is 0 Å². The van der Waals surface area contributed by atoms with Crippen LogP contribution in [0.25, 0.3) is 26.9 Å². The normalized spacial score (nSPS) is 14.1. The molecule has 32 heavy (non-hydrogen) atoms. The van der Waals surface area contributed by atoms with E-state index in [9.17, 15) is 0 Å². The third-order valence-electron chi connectivity index (χ3n) is 6.72. The lowest BCUT2D eigenvalue weighted by Gasteiger charge is -2.28. The second kappa shape index (κ2) is 7.35. The van der Waals surface area contributed by atoms with E-state index in [1.165, 1.54) is 59.6 Å². The van der Waals surface area contributed by atoms with Crippen LogP contribution in [0.1, 0.15) is 73.2 Å². The summed E-state index contributed by atoms with van der Waals surface area (Å²) in [5.74, 6) is 0.527. The van der Waals surface area contributed by atoms with Crippen molar-refractivity contribution in [1.29, 1.82) is 0 Å². The van der Waals surface area contributed by atoms with Crippen molar-refractivity contribution in [1.82, 2.24) is 0 Å². The Morgan fingerprint density at radius 3 is 2.44 bits per heavy atom. The highest BCUT2D eigenvalue weighted by atomic mass is 32.1. The Hall–Kier alpha value is -2.84. The van der Waals surface area contributed by atoms with Crippen LogP contribution in [0.3, 0.4) is 0 Å². The molecule has 0 unspecified atom stereocenters. The van der Waals surface area contributed by atoms with E-state index in [0.717, 1.165) is 0 Å². The highest BCUT2D eigenvalue weighted by Gasteiger charge is 2.34. The number of rotatable bonds is 2. The van der Waals surface area contributed by atoms with Gasteiger partial charge in [-0.15, -0.1) is 17.7 Å². The summed E-state index contributed by atoms with van der Waals surface area (Å²) >= 11 is 1.90. The number of aryl methyl sites for hydroxylation is 1. The van der Waals surface area contributed by atoms with Gasteiger partial charge in [0.15, 0.2) is 15.6 Å². The number of nitrogens with zero attached hydrogens (tertiary/aromatic N) is 1. The van der Waals surface area contributed by atoms with Crippen LogP contribution >= 0.6 is 11.3 Å². The summed E-state index contributed by atoms with van der Waals surface area (Å²) < 4.78 is 3.41. The van der Waals surface area contributed by atoms with Crippen LogP contribution in [0.5, 0.6) is 0 Å². The summed E-state index contributed by atoms with van der Waals surface area (Å²) in [4.78, 5) is 1.32. The smallest absolute Gasteiger partial charge is 0.197 e. The van der Waals surface area contributed by atoms with Crippen LogP contribution < -0.4 is 0 Å². The van der Waals surface area contributed by atoms with Crippen molar-refractivity contribution in [2.24, 2.45) is 0 Å². The Balaban J connectivity index is 1.79. The van der Waals surface area contributed by atoms with Gasteiger partial charge in [-0.05, 0) is 39.3 Å². The zero-order valence-corrected chi connectivity index (χ0v) is 20.7. The molecule has 0 saturated heterocycles. The highest BCUT2D eigenvalue weighted by molar-refractivity contribution is 7.19. The first-order valence-corrected chi connectivity index (χ1v) is 12.2. The SMILES string of the molecule is C=[N+]1C=Cc2c([s+][c-]3cc(C(C)C)ccc23)[C-]1c1cc(C(C)(C)C)c2ccccc2c1C. The highest BCUT2D eigenvalue weighted by Crippen LogP contribution is 2.45. The molecule has 1 aliphatic heterocycles. The van der Waals surface area contributed by atoms with Crippen molar-refractivity contribution in [3.05, 3.63) is 93.5 Å². The molecule has 0 spiro atoms. The van der Waals surface area contributed by atoms with E-state index < -0.39 is 0 Å². The molecule has 0 amide bonds. The minimum absolute atomic E-state index is 0.0499. The van der Waals surface area contributed by atoms with Crippen molar-refractivity contribution in [3.8, 4) is 0 Å². The summed E-state index contributed by atoms with van der Waals surface area (Å²) in [6.07, 6.45) is 4.34. The van der Waals surface area contributed by atoms with Crippen LogP contribution in [-0.4, -0.2) is 11.3 Å². The fourth-order valence-electron chi connectivity index (χ4n) is 4.87. The Bertz CT molecular complexity index is 1410. The zero-order valence-electron chi connectivity index (χ0n) is 19.9. The quantitative estimate of drug-likeness (QED) is 0.168. The molecule has 0 aliphatic carbocycles. The maximum atomic E-state index is 4.40. The number of hydrogen-bond donors (Lipinski definition) is 0. The predicted molar refractivity (Wildman–Crippen MR) is 141 cm³/mol. The van der Waals surface area contributed by atoms with E-state index in [2.05, 4.69) is 114 Å². The van der Waals surface area contributed by atoms with Crippen molar-refractivity contribution in [2.75, 3.05) is 0 Å². The van der Waals surface area contributed by atoms with Crippen LogP contribution in [-0.2, 0) is 5.41 Å². The van der Waals surface area contributed by atoms with E-state index in [-0.39, 0.29) is 5.41 Å². The lowest BCUT2D eigenvalue weighted by atomic mass is 9.79. The third-order valence-corrected chi connectivity index (χ3v) is 7.89. The van der Waals surface area contributed by atoms with Crippen LogP contribution in [0.15, 0.2) is 54.7 Å². The van der Waals surface area contributed by atoms with E-state index in [1.54, 1.807) is 0 Å². The van der Waals surface area contributed by atoms with Gasteiger partial charge in [-0.2, -0.15) is 0 Å². The van der Waals surface area contributed by atoms with E-state index in [1.807, 2.05) is 11.3 Å². The number of benzene rings is 3. The number of thiophene rings is 1. The Labute approximate surface area is 195 Å². The van der Waals surface area contributed by atoms with Gasteiger partial charge >= 0.3 is 0 Å². The number of fused-ring (bicyclic) bond motifs is 4. The van der Waals surface area contributed by atoms with E-state index in [0.29, 0.717) is 5.92 Å². The number of hydrogen-bond acceptors (Lipinski definition) is 0. The average Bonchev–Trinajstić information content (AvgIpc) is 3.11. The van der Waals surface area contributed by atoms with Gasteiger partial charge < -0.3 is 0 Å². The van der Waals surface area contributed by atoms with Crippen LogP contribution in [0.4, 0.5) is 0 Å². The minimum atomic E-state index is 0.0499. The molecule has 4 aromatic rings. The van der Waals surface area contributed by atoms with E-state index >= 15 is 0 Å².